The molecule has 4 nitrogen and oxygen atoms in total. The number of benzene rings is 1. The van der Waals surface area contributed by atoms with E-state index in [4.69, 9.17) is 4.74 Å². The van der Waals surface area contributed by atoms with E-state index in [1.165, 1.54) is 0 Å². The monoisotopic (exact) mass is 274 g/mol. The summed E-state index contributed by atoms with van der Waals surface area (Å²) in [6.45, 7) is 2.60. The fraction of sp³-hybridized carbons (Fsp3) is 0.286. The minimum atomic E-state index is 0.0778. The minimum Gasteiger partial charge on any atom is -0.378 e. The molecule has 5 heteroatoms. The van der Waals surface area contributed by atoms with Crippen LogP contribution in [-0.2, 0) is 4.74 Å². The Kier molecular flexibility index (Phi) is 3.57. The standard InChI is InChI=1S/C14H14N2O2S/c17-14(16-6-8-18-9-7-16)12-3-1-11(2-4-12)13-15-5-10-19-13/h1-5,10H,6-9H2. The van der Waals surface area contributed by atoms with Crippen LogP contribution in [0, 0.1) is 0 Å². The fourth-order valence-corrected chi connectivity index (χ4v) is 2.71. The molecule has 0 N–H and O–H groups in total. The molecule has 98 valence electrons. The van der Waals surface area contributed by atoms with Gasteiger partial charge in [-0.3, -0.25) is 4.79 Å². The molecule has 3 rings (SSSR count). The zero-order chi connectivity index (χ0) is 13.1. The number of morpholine rings is 1. The van der Waals surface area contributed by atoms with Gasteiger partial charge in [0.25, 0.3) is 5.91 Å². The van der Waals surface area contributed by atoms with Gasteiger partial charge in [-0.2, -0.15) is 0 Å². The van der Waals surface area contributed by atoms with Crippen LogP contribution in [0.4, 0.5) is 0 Å². The van der Waals surface area contributed by atoms with E-state index in [0.29, 0.717) is 26.3 Å². The molecule has 1 aromatic heterocycles. The number of ether oxygens (including phenoxy) is 1. The number of carbonyl (C=O) groups excluding carboxylic acids is 1. The Labute approximate surface area is 115 Å². The molecule has 0 spiro atoms. The molecule has 0 saturated carbocycles. The third-order valence-corrected chi connectivity index (χ3v) is 3.93. The summed E-state index contributed by atoms with van der Waals surface area (Å²) in [4.78, 5) is 18.3. The second-order valence-electron chi connectivity index (χ2n) is 4.32. The first-order valence-electron chi connectivity index (χ1n) is 6.21. The molecule has 1 aromatic carbocycles. The molecule has 0 radical (unpaired) electrons. The predicted octanol–water partition coefficient (Wildman–Crippen LogP) is 2.28. The Balaban J connectivity index is 1.76. The van der Waals surface area contributed by atoms with E-state index >= 15 is 0 Å². The lowest BCUT2D eigenvalue weighted by atomic mass is 10.1. The first-order chi connectivity index (χ1) is 9.34. The fourth-order valence-electron chi connectivity index (χ4n) is 2.07. The van der Waals surface area contributed by atoms with Crippen LogP contribution in [0.25, 0.3) is 10.6 Å². The summed E-state index contributed by atoms with van der Waals surface area (Å²) in [5.74, 6) is 0.0778. The Hall–Kier alpha value is -1.72. The summed E-state index contributed by atoms with van der Waals surface area (Å²) in [6.07, 6.45) is 1.78. The molecule has 1 aliphatic heterocycles. The van der Waals surface area contributed by atoms with Crippen LogP contribution >= 0.6 is 11.3 Å². The van der Waals surface area contributed by atoms with Gasteiger partial charge in [-0.25, -0.2) is 4.98 Å². The van der Waals surface area contributed by atoms with E-state index in [1.54, 1.807) is 17.5 Å². The maximum atomic E-state index is 12.3. The number of aromatic nitrogens is 1. The summed E-state index contributed by atoms with van der Waals surface area (Å²) in [5.41, 5.74) is 1.77. The van der Waals surface area contributed by atoms with Gasteiger partial charge in [-0.05, 0) is 12.1 Å². The highest BCUT2D eigenvalue weighted by atomic mass is 32.1. The number of rotatable bonds is 2. The largest absolute Gasteiger partial charge is 0.378 e. The quantitative estimate of drug-likeness (QED) is 0.843. The molecule has 2 heterocycles. The van der Waals surface area contributed by atoms with Gasteiger partial charge in [0.2, 0.25) is 0 Å². The Bertz CT molecular complexity index is 545. The zero-order valence-electron chi connectivity index (χ0n) is 10.4. The van der Waals surface area contributed by atoms with Gasteiger partial charge in [-0.15, -0.1) is 11.3 Å². The van der Waals surface area contributed by atoms with E-state index < -0.39 is 0 Å². The van der Waals surface area contributed by atoms with Crippen molar-refractivity contribution in [3.05, 3.63) is 41.4 Å². The molecular formula is C14H14N2O2S. The van der Waals surface area contributed by atoms with Crippen molar-refractivity contribution < 1.29 is 9.53 Å². The molecule has 1 amide bonds. The normalized spacial score (nSPS) is 15.5. The lowest BCUT2D eigenvalue weighted by Crippen LogP contribution is -2.40. The van der Waals surface area contributed by atoms with Crippen molar-refractivity contribution in [3.8, 4) is 10.6 Å². The van der Waals surface area contributed by atoms with Crippen molar-refractivity contribution in [3.63, 3.8) is 0 Å². The lowest BCUT2D eigenvalue weighted by Gasteiger charge is -2.26. The summed E-state index contributed by atoms with van der Waals surface area (Å²) in [5, 5.41) is 2.92. The smallest absolute Gasteiger partial charge is 0.254 e. The topological polar surface area (TPSA) is 42.4 Å². The summed E-state index contributed by atoms with van der Waals surface area (Å²) >= 11 is 1.60. The van der Waals surface area contributed by atoms with E-state index in [9.17, 15) is 4.79 Å². The molecule has 1 saturated heterocycles. The van der Waals surface area contributed by atoms with Gasteiger partial charge in [0.05, 0.1) is 13.2 Å². The summed E-state index contributed by atoms with van der Waals surface area (Å²) in [7, 11) is 0. The average molecular weight is 274 g/mol. The third-order valence-electron chi connectivity index (χ3n) is 3.11. The van der Waals surface area contributed by atoms with Crippen LogP contribution in [-0.4, -0.2) is 42.1 Å². The van der Waals surface area contributed by atoms with E-state index in [2.05, 4.69) is 4.98 Å². The van der Waals surface area contributed by atoms with Gasteiger partial charge in [0.1, 0.15) is 5.01 Å². The van der Waals surface area contributed by atoms with E-state index in [0.717, 1.165) is 16.1 Å². The SMILES string of the molecule is O=C(c1ccc(-c2nccs2)cc1)N1CCOCC1. The van der Waals surface area contributed by atoms with Gasteiger partial charge in [0.15, 0.2) is 0 Å². The first-order valence-corrected chi connectivity index (χ1v) is 7.09. The number of amides is 1. The highest BCUT2D eigenvalue weighted by Crippen LogP contribution is 2.22. The lowest BCUT2D eigenvalue weighted by molar-refractivity contribution is 0.0303. The van der Waals surface area contributed by atoms with Crippen LogP contribution in [0.3, 0.4) is 0 Å². The molecule has 1 aliphatic rings. The van der Waals surface area contributed by atoms with Crippen molar-refractivity contribution in [2.24, 2.45) is 0 Å². The van der Waals surface area contributed by atoms with E-state index in [-0.39, 0.29) is 5.91 Å². The third kappa shape index (κ3) is 2.67. The summed E-state index contributed by atoms with van der Waals surface area (Å²) in [6, 6.07) is 7.64. The Morgan fingerprint density at radius 1 is 1.21 bits per heavy atom. The van der Waals surface area contributed by atoms with Crippen molar-refractivity contribution in [1.82, 2.24) is 9.88 Å². The number of hydrogen-bond donors (Lipinski definition) is 0. The number of hydrogen-bond acceptors (Lipinski definition) is 4. The maximum absolute atomic E-state index is 12.3. The Morgan fingerprint density at radius 2 is 1.95 bits per heavy atom. The summed E-state index contributed by atoms with van der Waals surface area (Å²) < 4.78 is 5.25. The minimum absolute atomic E-state index is 0.0778. The molecule has 1 fully saturated rings. The van der Waals surface area contributed by atoms with Crippen LogP contribution in [0.15, 0.2) is 35.8 Å². The molecule has 0 aliphatic carbocycles. The zero-order valence-corrected chi connectivity index (χ0v) is 11.2. The molecular weight excluding hydrogens is 260 g/mol. The van der Waals surface area contributed by atoms with Gasteiger partial charge in [0, 0.05) is 35.8 Å². The maximum Gasteiger partial charge on any atom is 0.254 e. The van der Waals surface area contributed by atoms with Crippen molar-refractivity contribution >= 4 is 17.2 Å². The highest BCUT2D eigenvalue weighted by Gasteiger charge is 2.18. The van der Waals surface area contributed by atoms with Crippen molar-refractivity contribution in [2.75, 3.05) is 26.3 Å². The van der Waals surface area contributed by atoms with Crippen molar-refractivity contribution in [1.29, 1.82) is 0 Å². The van der Waals surface area contributed by atoms with Crippen molar-refractivity contribution in [2.45, 2.75) is 0 Å². The van der Waals surface area contributed by atoms with Gasteiger partial charge < -0.3 is 9.64 Å². The number of nitrogens with zero attached hydrogens (tertiary/aromatic N) is 2. The second kappa shape index (κ2) is 5.50. The average Bonchev–Trinajstić information content (AvgIpc) is 3.02. The number of carbonyl (C=O) groups is 1. The number of thiazole rings is 1. The predicted molar refractivity (Wildman–Crippen MR) is 74.3 cm³/mol. The first kappa shape index (κ1) is 12.3. The molecule has 0 bridgehead atoms. The molecule has 0 unspecified atom stereocenters. The Morgan fingerprint density at radius 3 is 2.58 bits per heavy atom. The van der Waals surface area contributed by atoms with E-state index in [1.807, 2.05) is 34.5 Å². The van der Waals surface area contributed by atoms with Gasteiger partial charge in [-0.1, -0.05) is 12.1 Å². The molecule has 2 aromatic rings. The molecule has 0 atom stereocenters. The van der Waals surface area contributed by atoms with Gasteiger partial charge >= 0.3 is 0 Å². The van der Waals surface area contributed by atoms with Crippen LogP contribution in [0.5, 0.6) is 0 Å². The second-order valence-corrected chi connectivity index (χ2v) is 5.21. The van der Waals surface area contributed by atoms with Crippen LogP contribution < -0.4 is 0 Å². The van der Waals surface area contributed by atoms with Crippen LogP contribution in [0.1, 0.15) is 10.4 Å². The molecule has 19 heavy (non-hydrogen) atoms. The van der Waals surface area contributed by atoms with Crippen LogP contribution in [0.2, 0.25) is 0 Å². The highest BCUT2D eigenvalue weighted by molar-refractivity contribution is 7.13.